The minimum Gasteiger partial charge on any atom is -0.212 e. The zero-order valence-electron chi connectivity index (χ0n) is 12.1. The third kappa shape index (κ3) is 4.80. The molecule has 0 saturated heterocycles. The van der Waals surface area contributed by atoms with Crippen molar-refractivity contribution < 1.29 is 12.8 Å². The fourth-order valence-corrected chi connectivity index (χ4v) is 3.75. The molecule has 0 amide bonds. The molecule has 6 heteroatoms. The van der Waals surface area contributed by atoms with Crippen molar-refractivity contribution in [1.29, 1.82) is 0 Å². The van der Waals surface area contributed by atoms with Gasteiger partial charge in [-0.3, -0.25) is 0 Å². The van der Waals surface area contributed by atoms with E-state index in [-0.39, 0.29) is 11.8 Å². The Bertz CT molecular complexity index is 732. The van der Waals surface area contributed by atoms with Crippen LogP contribution in [0.5, 0.6) is 0 Å². The highest BCUT2D eigenvalue weighted by molar-refractivity contribution is 7.88. The lowest BCUT2D eigenvalue weighted by atomic mass is 10.1. The molecule has 0 radical (unpaired) electrons. The van der Waals surface area contributed by atoms with E-state index in [4.69, 9.17) is 11.6 Å². The van der Waals surface area contributed by atoms with Gasteiger partial charge in [0.25, 0.3) is 0 Å². The van der Waals surface area contributed by atoms with Gasteiger partial charge in [0, 0.05) is 11.1 Å². The average Bonchev–Trinajstić information content (AvgIpc) is 2.45. The quantitative estimate of drug-likeness (QED) is 0.861. The van der Waals surface area contributed by atoms with E-state index in [9.17, 15) is 12.8 Å². The molecule has 0 fully saturated rings. The van der Waals surface area contributed by atoms with Gasteiger partial charge in [-0.15, -0.1) is 0 Å². The molecule has 118 valence electrons. The van der Waals surface area contributed by atoms with Crippen LogP contribution in [0.3, 0.4) is 0 Å². The van der Waals surface area contributed by atoms with Crippen molar-refractivity contribution in [2.75, 3.05) is 0 Å². The molecule has 0 aliphatic heterocycles. The van der Waals surface area contributed by atoms with Crippen LogP contribution in [0.4, 0.5) is 4.39 Å². The number of sulfonamides is 1. The highest BCUT2D eigenvalue weighted by Gasteiger charge is 2.18. The first-order chi connectivity index (χ1) is 10.4. The Hall–Kier alpha value is -1.43. The highest BCUT2D eigenvalue weighted by atomic mass is 35.5. The van der Waals surface area contributed by atoms with Crippen LogP contribution in [-0.2, 0) is 15.8 Å². The van der Waals surface area contributed by atoms with Crippen LogP contribution in [-0.4, -0.2) is 8.42 Å². The molecule has 1 unspecified atom stereocenters. The number of hydrogen-bond donors (Lipinski definition) is 1. The molecule has 0 saturated carbocycles. The monoisotopic (exact) mass is 341 g/mol. The van der Waals surface area contributed by atoms with Gasteiger partial charge in [-0.25, -0.2) is 17.5 Å². The van der Waals surface area contributed by atoms with Gasteiger partial charge in [-0.2, -0.15) is 0 Å². The third-order valence-corrected chi connectivity index (χ3v) is 4.86. The molecular formula is C16H17ClFNO2S. The van der Waals surface area contributed by atoms with E-state index in [2.05, 4.69) is 4.72 Å². The summed E-state index contributed by atoms with van der Waals surface area (Å²) in [5.74, 6) is -0.702. The van der Waals surface area contributed by atoms with Crippen molar-refractivity contribution in [1.82, 2.24) is 4.72 Å². The number of nitrogens with one attached hydrogen (secondary N) is 1. The van der Waals surface area contributed by atoms with E-state index in [0.717, 1.165) is 5.56 Å². The van der Waals surface area contributed by atoms with E-state index in [1.165, 1.54) is 18.2 Å². The van der Waals surface area contributed by atoms with Gasteiger partial charge in [-0.05, 0) is 41.8 Å². The summed E-state index contributed by atoms with van der Waals surface area (Å²) in [5.41, 5.74) is 1.26. The predicted molar refractivity (Wildman–Crippen MR) is 86.6 cm³/mol. The Kier molecular flexibility index (Phi) is 5.56. The Balaban J connectivity index is 2.13. The Morgan fingerprint density at radius 3 is 2.45 bits per heavy atom. The molecule has 0 bridgehead atoms. The zero-order chi connectivity index (χ0) is 16.2. The summed E-state index contributed by atoms with van der Waals surface area (Å²) in [4.78, 5) is 0. The van der Waals surface area contributed by atoms with Crippen LogP contribution in [0, 0.1) is 5.82 Å². The molecule has 2 aromatic rings. The van der Waals surface area contributed by atoms with Crippen molar-refractivity contribution in [3.05, 3.63) is 70.5 Å². The van der Waals surface area contributed by atoms with Crippen LogP contribution < -0.4 is 4.72 Å². The van der Waals surface area contributed by atoms with Gasteiger partial charge in [-0.1, -0.05) is 42.8 Å². The number of rotatable bonds is 6. The Morgan fingerprint density at radius 2 is 1.86 bits per heavy atom. The topological polar surface area (TPSA) is 46.2 Å². The third-order valence-electron chi connectivity index (χ3n) is 3.25. The van der Waals surface area contributed by atoms with Crippen molar-refractivity contribution in [2.24, 2.45) is 0 Å². The minimum absolute atomic E-state index is 0.255. The lowest BCUT2D eigenvalue weighted by molar-refractivity contribution is 0.549. The van der Waals surface area contributed by atoms with Crippen LogP contribution in [0.25, 0.3) is 0 Å². The average molecular weight is 342 g/mol. The fraction of sp³-hybridized carbons (Fsp3) is 0.250. The molecule has 1 atom stereocenters. The lowest BCUT2D eigenvalue weighted by Gasteiger charge is -2.17. The van der Waals surface area contributed by atoms with E-state index >= 15 is 0 Å². The first kappa shape index (κ1) is 16.9. The number of hydrogen-bond acceptors (Lipinski definition) is 2. The maximum Gasteiger partial charge on any atom is 0.216 e. The lowest BCUT2D eigenvalue weighted by Crippen LogP contribution is -2.29. The van der Waals surface area contributed by atoms with Gasteiger partial charge in [0.2, 0.25) is 10.0 Å². The molecule has 3 nitrogen and oxygen atoms in total. The number of benzene rings is 2. The molecule has 2 aromatic carbocycles. The maximum atomic E-state index is 13.1. The summed E-state index contributed by atoms with van der Waals surface area (Å²) < 4.78 is 40.3. The second-order valence-electron chi connectivity index (χ2n) is 5.02. The maximum absolute atomic E-state index is 13.1. The molecule has 0 heterocycles. The molecular weight excluding hydrogens is 325 g/mol. The summed E-state index contributed by atoms with van der Waals surface area (Å²) in [7, 11) is -3.57. The van der Waals surface area contributed by atoms with Gasteiger partial charge >= 0.3 is 0 Å². The Morgan fingerprint density at radius 1 is 1.18 bits per heavy atom. The van der Waals surface area contributed by atoms with Crippen molar-refractivity contribution in [3.63, 3.8) is 0 Å². The normalized spacial score (nSPS) is 13.0. The summed E-state index contributed by atoms with van der Waals surface area (Å²) in [6.45, 7) is 1.89. The molecule has 1 N–H and O–H groups in total. The molecule has 0 aliphatic carbocycles. The fourth-order valence-electron chi connectivity index (χ4n) is 2.19. The molecule has 0 aromatic heterocycles. The van der Waals surface area contributed by atoms with Gasteiger partial charge < -0.3 is 0 Å². The molecule has 0 spiro atoms. The minimum atomic E-state index is -3.57. The standard InChI is InChI=1S/C16H17ClFNO2S/c1-2-16(13-6-8-14(17)9-7-13)19-22(20,21)11-12-4-3-5-15(18)10-12/h3-10,16,19H,2,11H2,1H3. The summed E-state index contributed by atoms with van der Waals surface area (Å²) in [6, 6.07) is 12.3. The van der Waals surface area contributed by atoms with Crippen LogP contribution in [0.15, 0.2) is 48.5 Å². The number of halogens is 2. The first-order valence-electron chi connectivity index (χ1n) is 6.89. The van der Waals surface area contributed by atoms with E-state index in [1.807, 2.05) is 6.92 Å². The largest absolute Gasteiger partial charge is 0.216 e. The SMILES string of the molecule is CCC(NS(=O)(=O)Cc1cccc(F)c1)c1ccc(Cl)cc1. The summed E-state index contributed by atoms with van der Waals surface area (Å²) in [5, 5.41) is 0.598. The molecule has 0 aliphatic rings. The highest BCUT2D eigenvalue weighted by Crippen LogP contribution is 2.21. The van der Waals surface area contributed by atoms with Crippen LogP contribution in [0.1, 0.15) is 30.5 Å². The van der Waals surface area contributed by atoms with Crippen molar-refractivity contribution in [2.45, 2.75) is 25.1 Å². The molecule has 22 heavy (non-hydrogen) atoms. The molecule has 2 rings (SSSR count). The van der Waals surface area contributed by atoms with Crippen LogP contribution in [0.2, 0.25) is 5.02 Å². The van der Waals surface area contributed by atoms with Gasteiger partial charge in [0.05, 0.1) is 5.75 Å². The van der Waals surface area contributed by atoms with E-state index in [1.54, 1.807) is 30.3 Å². The van der Waals surface area contributed by atoms with Crippen molar-refractivity contribution >= 4 is 21.6 Å². The van der Waals surface area contributed by atoms with E-state index < -0.39 is 15.8 Å². The van der Waals surface area contributed by atoms with Crippen LogP contribution >= 0.6 is 11.6 Å². The second-order valence-corrected chi connectivity index (χ2v) is 7.21. The Labute approximate surface area is 135 Å². The predicted octanol–water partition coefficient (Wildman–Crippen LogP) is 4.05. The zero-order valence-corrected chi connectivity index (χ0v) is 13.7. The van der Waals surface area contributed by atoms with E-state index in [0.29, 0.717) is 17.0 Å². The van der Waals surface area contributed by atoms with Crippen molar-refractivity contribution in [3.8, 4) is 0 Å². The summed E-state index contributed by atoms with van der Waals surface area (Å²) >= 11 is 5.84. The second kappa shape index (κ2) is 7.22. The first-order valence-corrected chi connectivity index (χ1v) is 8.92. The van der Waals surface area contributed by atoms with Gasteiger partial charge in [0.15, 0.2) is 0 Å². The van der Waals surface area contributed by atoms with Gasteiger partial charge in [0.1, 0.15) is 5.82 Å². The summed E-state index contributed by atoms with van der Waals surface area (Å²) in [6.07, 6.45) is 0.601. The smallest absolute Gasteiger partial charge is 0.212 e.